The van der Waals surface area contributed by atoms with Gasteiger partial charge in [0.1, 0.15) is 26.9 Å². The number of rotatable bonds is 6. The van der Waals surface area contributed by atoms with E-state index in [1.807, 2.05) is 47.2 Å². The molecule has 8 nitrogen and oxygen atoms in total. The van der Waals surface area contributed by atoms with Gasteiger partial charge in [0.15, 0.2) is 6.61 Å². The van der Waals surface area contributed by atoms with Crippen LogP contribution in [-0.2, 0) is 11.3 Å². The van der Waals surface area contributed by atoms with E-state index in [2.05, 4.69) is 20.3 Å². The summed E-state index contributed by atoms with van der Waals surface area (Å²) >= 11 is 2.88. The molecule has 1 aromatic carbocycles. The lowest BCUT2D eigenvalue weighted by Gasteiger charge is -2.00. The number of benzene rings is 1. The molecular formula is C22H16N4O4S2. The van der Waals surface area contributed by atoms with Crippen LogP contribution in [0.15, 0.2) is 56.1 Å². The van der Waals surface area contributed by atoms with Crippen LogP contribution >= 0.6 is 22.7 Å². The first-order chi connectivity index (χ1) is 15.6. The SMILES string of the molecule is Cc1nc(-c2ccsc2)sc1C(=O)OCc1nnc(-c2c(-c3ccccc3)noc2C)o1. The minimum absolute atomic E-state index is 0.151. The number of aromatic nitrogens is 4. The van der Waals surface area contributed by atoms with Gasteiger partial charge >= 0.3 is 5.97 Å². The summed E-state index contributed by atoms with van der Waals surface area (Å²) in [6, 6.07) is 11.5. The zero-order chi connectivity index (χ0) is 22.1. The molecule has 32 heavy (non-hydrogen) atoms. The molecule has 0 bridgehead atoms. The van der Waals surface area contributed by atoms with Gasteiger partial charge in [0.25, 0.3) is 11.8 Å². The zero-order valence-corrected chi connectivity index (χ0v) is 18.7. The summed E-state index contributed by atoms with van der Waals surface area (Å²) in [5.74, 6) is 0.500. The smallest absolute Gasteiger partial charge is 0.350 e. The lowest BCUT2D eigenvalue weighted by atomic mass is 10.1. The number of hydrogen-bond acceptors (Lipinski definition) is 10. The van der Waals surface area contributed by atoms with Crippen molar-refractivity contribution in [2.24, 2.45) is 0 Å². The van der Waals surface area contributed by atoms with Gasteiger partial charge in [-0.3, -0.25) is 0 Å². The quantitative estimate of drug-likeness (QED) is 0.301. The lowest BCUT2D eigenvalue weighted by molar-refractivity contribution is 0.0443. The molecule has 0 unspecified atom stereocenters. The Bertz CT molecular complexity index is 1370. The van der Waals surface area contributed by atoms with Crippen molar-refractivity contribution >= 4 is 28.6 Å². The summed E-state index contributed by atoms with van der Waals surface area (Å²) in [5.41, 5.74) is 3.70. The minimum Gasteiger partial charge on any atom is -0.451 e. The van der Waals surface area contributed by atoms with Crippen LogP contribution in [0.4, 0.5) is 0 Å². The van der Waals surface area contributed by atoms with E-state index in [-0.39, 0.29) is 18.4 Å². The Morgan fingerprint density at radius 3 is 2.72 bits per heavy atom. The van der Waals surface area contributed by atoms with Gasteiger partial charge in [0.05, 0.1) is 5.69 Å². The Morgan fingerprint density at radius 2 is 1.94 bits per heavy atom. The molecule has 0 N–H and O–H groups in total. The number of esters is 1. The lowest BCUT2D eigenvalue weighted by Crippen LogP contribution is -2.05. The fraction of sp³-hybridized carbons (Fsp3) is 0.136. The number of thiophene rings is 1. The van der Waals surface area contributed by atoms with Crippen molar-refractivity contribution in [1.82, 2.24) is 20.3 Å². The number of carbonyl (C=O) groups excluding carboxylic acids is 1. The van der Waals surface area contributed by atoms with Gasteiger partial charge in [-0.2, -0.15) is 11.3 Å². The second-order valence-corrected chi connectivity index (χ2v) is 8.63. The van der Waals surface area contributed by atoms with Crippen molar-refractivity contribution in [3.8, 4) is 33.3 Å². The Morgan fingerprint density at radius 1 is 1.09 bits per heavy atom. The third-order valence-corrected chi connectivity index (χ3v) is 6.54. The highest BCUT2D eigenvalue weighted by Gasteiger charge is 2.23. The molecule has 0 saturated carbocycles. The Labute approximate surface area is 190 Å². The predicted octanol–water partition coefficient (Wildman–Crippen LogP) is 5.55. The average molecular weight is 465 g/mol. The fourth-order valence-corrected chi connectivity index (χ4v) is 4.79. The fourth-order valence-electron chi connectivity index (χ4n) is 3.12. The number of thiazole rings is 1. The summed E-state index contributed by atoms with van der Waals surface area (Å²) in [5, 5.41) is 17.0. The molecule has 160 valence electrons. The molecule has 0 aliphatic carbocycles. The first-order valence-corrected chi connectivity index (χ1v) is 11.4. The molecular weight excluding hydrogens is 448 g/mol. The molecule has 0 aliphatic rings. The highest BCUT2D eigenvalue weighted by molar-refractivity contribution is 7.17. The second-order valence-electron chi connectivity index (χ2n) is 6.85. The van der Waals surface area contributed by atoms with E-state index < -0.39 is 5.97 Å². The maximum absolute atomic E-state index is 12.6. The molecule has 0 radical (unpaired) electrons. The van der Waals surface area contributed by atoms with Crippen molar-refractivity contribution in [3.05, 3.63) is 69.4 Å². The number of aryl methyl sites for hydroxylation is 2. The summed E-state index contributed by atoms with van der Waals surface area (Å²) in [4.78, 5) is 17.5. The van der Waals surface area contributed by atoms with Gasteiger partial charge in [0.2, 0.25) is 0 Å². The highest BCUT2D eigenvalue weighted by Crippen LogP contribution is 2.34. The Kier molecular flexibility index (Phi) is 5.38. The molecule has 4 aromatic heterocycles. The van der Waals surface area contributed by atoms with Crippen molar-refractivity contribution in [2.75, 3.05) is 0 Å². The summed E-state index contributed by atoms with van der Waals surface area (Å²) in [6.45, 7) is 3.41. The van der Waals surface area contributed by atoms with Gasteiger partial charge in [-0.15, -0.1) is 21.5 Å². The zero-order valence-electron chi connectivity index (χ0n) is 17.1. The molecule has 0 aliphatic heterocycles. The van der Waals surface area contributed by atoms with Crippen LogP contribution in [0.5, 0.6) is 0 Å². The van der Waals surface area contributed by atoms with Crippen LogP contribution in [0, 0.1) is 13.8 Å². The van der Waals surface area contributed by atoms with E-state index in [9.17, 15) is 4.79 Å². The summed E-state index contributed by atoms with van der Waals surface area (Å²) in [7, 11) is 0. The van der Waals surface area contributed by atoms with E-state index in [1.165, 1.54) is 11.3 Å². The molecule has 10 heteroatoms. The van der Waals surface area contributed by atoms with Crippen molar-refractivity contribution in [1.29, 1.82) is 0 Å². The van der Waals surface area contributed by atoms with Gasteiger partial charge < -0.3 is 13.7 Å². The first kappa shape index (κ1) is 20.3. The molecule has 0 fully saturated rings. The van der Waals surface area contributed by atoms with E-state index in [4.69, 9.17) is 13.7 Å². The molecule has 0 atom stereocenters. The van der Waals surface area contributed by atoms with Crippen LogP contribution in [0.1, 0.15) is 27.0 Å². The topological polar surface area (TPSA) is 104 Å². The molecule has 0 saturated heterocycles. The third kappa shape index (κ3) is 3.85. The second kappa shape index (κ2) is 8.48. The number of ether oxygens (including phenoxy) is 1. The first-order valence-electron chi connectivity index (χ1n) is 9.61. The summed E-state index contributed by atoms with van der Waals surface area (Å²) < 4.78 is 16.5. The van der Waals surface area contributed by atoms with Gasteiger partial charge in [-0.05, 0) is 25.3 Å². The van der Waals surface area contributed by atoms with Crippen LogP contribution in [-0.4, -0.2) is 26.3 Å². The Balaban J connectivity index is 1.32. The van der Waals surface area contributed by atoms with Crippen LogP contribution in [0.2, 0.25) is 0 Å². The molecule has 4 heterocycles. The number of carbonyl (C=O) groups is 1. The predicted molar refractivity (Wildman–Crippen MR) is 119 cm³/mol. The third-order valence-electron chi connectivity index (χ3n) is 4.67. The van der Waals surface area contributed by atoms with E-state index in [0.29, 0.717) is 27.6 Å². The van der Waals surface area contributed by atoms with E-state index in [0.717, 1.165) is 16.1 Å². The summed E-state index contributed by atoms with van der Waals surface area (Å²) in [6.07, 6.45) is 0. The normalized spacial score (nSPS) is 11.1. The monoisotopic (exact) mass is 464 g/mol. The molecule has 0 spiro atoms. The van der Waals surface area contributed by atoms with Crippen LogP contribution < -0.4 is 0 Å². The maximum Gasteiger partial charge on any atom is 0.350 e. The largest absolute Gasteiger partial charge is 0.451 e. The number of nitrogens with zero attached hydrogens (tertiary/aromatic N) is 4. The molecule has 5 aromatic rings. The van der Waals surface area contributed by atoms with Crippen LogP contribution in [0.3, 0.4) is 0 Å². The standard InChI is InChI=1S/C22H16N4O4S2/c1-12-19(32-21(23-12)15-8-9-31-11-15)22(27)28-10-16-24-25-20(29-16)17-13(2)30-26-18(17)14-6-4-3-5-7-14/h3-9,11H,10H2,1-2H3. The van der Waals surface area contributed by atoms with Crippen LogP contribution in [0.25, 0.3) is 33.3 Å². The average Bonchev–Trinajstić information content (AvgIpc) is 3.59. The maximum atomic E-state index is 12.6. The van der Waals surface area contributed by atoms with Crippen molar-refractivity contribution in [3.63, 3.8) is 0 Å². The van der Waals surface area contributed by atoms with Crippen molar-refractivity contribution < 1.29 is 18.5 Å². The molecule has 0 amide bonds. The minimum atomic E-state index is -0.479. The van der Waals surface area contributed by atoms with Gasteiger partial charge in [-0.25, -0.2) is 9.78 Å². The molecule has 5 rings (SSSR count). The Hall–Kier alpha value is -3.63. The van der Waals surface area contributed by atoms with Gasteiger partial charge in [-0.1, -0.05) is 35.5 Å². The van der Waals surface area contributed by atoms with E-state index >= 15 is 0 Å². The highest BCUT2D eigenvalue weighted by atomic mass is 32.1. The number of hydrogen-bond donors (Lipinski definition) is 0. The van der Waals surface area contributed by atoms with E-state index in [1.54, 1.807) is 25.2 Å². The van der Waals surface area contributed by atoms with Gasteiger partial charge in [0, 0.05) is 16.5 Å². The van der Waals surface area contributed by atoms with Crippen molar-refractivity contribution in [2.45, 2.75) is 20.5 Å².